The lowest BCUT2D eigenvalue weighted by Gasteiger charge is -2.09. The van der Waals surface area contributed by atoms with Crippen molar-refractivity contribution in [2.75, 3.05) is 0 Å². The molecule has 8 heteroatoms. The van der Waals surface area contributed by atoms with Crippen LogP contribution in [0.3, 0.4) is 0 Å². The van der Waals surface area contributed by atoms with E-state index in [2.05, 4.69) is 19.8 Å². The van der Waals surface area contributed by atoms with Gasteiger partial charge in [0.1, 0.15) is 4.90 Å². The summed E-state index contributed by atoms with van der Waals surface area (Å²) in [5, 5.41) is 4.90. The normalized spacial score (nSPS) is 11.7. The number of para-hydroxylation sites is 1. The number of fused-ring (bicyclic) bond motifs is 1. The SMILES string of the molecule is Cn1cc(-c2ccc(CNS(=O)(=O)c3cccc4cccnc34)cn2)cn1. The zero-order valence-electron chi connectivity index (χ0n) is 14.6. The van der Waals surface area contributed by atoms with Crippen molar-refractivity contribution in [1.82, 2.24) is 24.5 Å². The standard InChI is InChI=1S/C19H17N5O2S/c1-24-13-16(12-22-24)17-8-7-14(10-21-17)11-23-27(25,26)18-6-2-4-15-5-3-9-20-19(15)18/h2-10,12-13,23H,11H2,1H3. The molecule has 1 aromatic carbocycles. The van der Waals surface area contributed by atoms with Crippen molar-refractivity contribution in [3.63, 3.8) is 0 Å². The van der Waals surface area contributed by atoms with Gasteiger partial charge in [0, 0.05) is 43.1 Å². The van der Waals surface area contributed by atoms with Crippen molar-refractivity contribution < 1.29 is 8.42 Å². The van der Waals surface area contributed by atoms with Crippen molar-refractivity contribution in [3.05, 3.63) is 72.8 Å². The van der Waals surface area contributed by atoms with Crippen LogP contribution in [0.5, 0.6) is 0 Å². The molecule has 0 atom stereocenters. The number of nitrogens with one attached hydrogen (secondary N) is 1. The predicted octanol–water partition coefficient (Wildman–Crippen LogP) is 2.51. The van der Waals surface area contributed by atoms with Gasteiger partial charge in [-0.1, -0.05) is 24.3 Å². The third-order valence-electron chi connectivity index (χ3n) is 4.18. The van der Waals surface area contributed by atoms with Crippen LogP contribution in [0.1, 0.15) is 5.56 Å². The van der Waals surface area contributed by atoms with Crippen LogP contribution in [0.15, 0.2) is 72.1 Å². The number of benzene rings is 1. The number of nitrogens with zero attached hydrogens (tertiary/aromatic N) is 4. The lowest BCUT2D eigenvalue weighted by atomic mass is 10.2. The van der Waals surface area contributed by atoms with Crippen LogP contribution in [0.4, 0.5) is 0 Å². The number of sulfonamides is 1. The Labute approximate surface area is 156 Å². The summed E-state index contributed by atoms with van der Waals surface area (Å²) in [7, 11) is -1.86. The van der Waals surface area contributed by atoms with Gasteiger partial charge in [-0.25, -0.2) is 13.1 Å². The molecule has 4 rings (SSSR count). The molecule has 4 aromatic rings. The number of aromatic nitrogens is 4. The smallest absolute Gasteiger partial charge is 0.243 e. The summed E-state index contributed by atoms with van der Waals surface area (Å²) in [5.74, 6) is 0. The van der Waals surface area contributed by atoms with Gasteiger partial charge in [-0.15, -0.1) is 0 Å². The molecule has 0 saturated carbocycles. The quantitative estimate of drug-likeness (QED) is 0.575. The molecular formula is C19H17N5O2S. The lowest BCUT2D eigenvalue weighted by molar-refractivity contribution is 0.582. The second-order valence-corrected chi connectivity index (χ2v) is 7.85. The molecule has 0 aliphatic rings. The van der Waals surface area contributed by atoms with E-state index >= 15 is 0 Å². The minimum absolute atomic E-state index is 0.145. The molecule has 0 saturated heterocycles. The highest BCUT2D eigenvalue weighted by atomic mass is 32.2. The van der Waals surface area contributed by atoms with E-state index in [1.54, 1.807) is 41.5 Å². The van der Waals surface area contributed by atoms with Gasteiger partial charge in [-0.3, -0.25) is 14.6 Å². The fourth-order valence-electron chi connectivity index (χ4n) is 2.80. The van der Waals surface area contributed by atoms with Crippen molar-refractivity contribution in [2.45, 2.75) is 11.4 Å². The van der Waals surface area contributed by atoms with Crippen LogP contribution in [0.25, 0.3) is 22.2 Å². The Kier molecular flexibility index (Phi) is 4.43. The molecule has 0 unspecified atom stereocenters. The number of aryl methyl sites for hydroxylation is 1. The predicted molar refractivity (Wildman–Crippen MR) is 102 cm³/mol. The van der Waals surface area contributed by atoms with Crippen LogP contribution in [0.2, 0.25) is 0 Å². The van der Waals surface area contributed by atoms with E-state index in [1.807, 2.05) is 37.5 Å². The molecular weight excluding hydrogens is 362 g/mol. The van der Waals surface area contributed by atoms with Gasteiger partial charge in [0.15, 0.2) is 0 Å². The molecule has 0 aliphatic carbocycles. The topological polar surface area (TPSA) is 89.8 Å². The van der Waals surface area contributed by atoms with Gasteiger partial charge in [0.2, 0.25) is 10.0 Å². The third kappa shape index (κ3) is 3.57. The Morgan fingerprint density at radius 3 is 2.63 bits per heavy atom. The van der Waals surface area contributed by atoms with Crippen molar-refractivity contribution in [2.24, 2.45) is 7.05 Å². The van der Waals surface area contributed by atoms with Gasteiger partial charge in [-0.05, 0) is 23.8 Å². The zero-order chi connectivity index (χ0) is 18.9. The summed E-state index contributed by atoms with van der Waals surface area (Å²) in [6.07, 6.45) is 6.85. The van der Waals surface area contributed by atoms with Crippen LogP contribution in [-0.4, -0.2) is 28.2 Å². The second-order valence-electron chi connectivity index (χ2n) is 6.11. The summed E-state index contributed by atoms with van der Waals surface area (Å²) >= 11 is 0. The molecule has 3 aromatic heterocycles. The molecule has 1 N–H and O–H groups in total. The number of rotatable bonds is 5. The van der Waals surface area contributed by atoms with Gasteiger partial charge >= 0.3 is 0 Å². The molecule has 0 fully saturated rings. The van der Waals surface area contributed by atoms with E-state index in [0.29, 0.717) is 5.52 Å². The average Bonchev–Trinajstić information content (AvgIpc) is 3.13. The molecule has 0 bridgehead atoms. The summed E-state index contributed by atoms with van der Waals surface area (Å²) in [6, 6.07) is 12.4. The summed E-state index contributed by atoms with van der Waals surface area (Å²) in [4.78, 5) is 8.76. The zero-order valence-corrected chi connectivity index (χ0v) is 15.4. The van der Waals surface area contributed by atoms with Crippen LogP contribution in [-0.2, 0) is 23.6 Å². The molecule has 7 nitrogen and oxygen atoms in total. The first-order chi connectivity index (χ1) is 13.0. The fourth-order valence-corrected chi connectivity index (χ4v) is 4.00. The Bertz CT molecular complexity index is 1190. The molecule has 0 radical (unpaired) electrons. The Morgan fingerprint density at radius 2 is 1.89 bits per heavy atom. The second kappa shape index (κ2) is 6.90. The molecule has 136 valence electrons. The van der Waals surface area contributed by atoms with Crippen LogP contribution >= 0.6 is 0 Å². The minimum atomic E-state index is -3.70. The number of hydrogen-bond acceptors (Lipinski definition) is 5. The Balaban J connectivity index is 1.54. The fraction of sp³-hybridized carbons (Fsp3) is 0.105. The molecule has 0 spiro atoms. The molecule has 0 amide bonds. The van der Waals surface area contributed by atoms with E-state index in [0.717, 1.165) is 22.2 Å². The highest BCUT2D eigenvalue weighted by Crippen LogP contribution is 2.21. The van der Waals surface area contributed by atoms with E-state index in [-0.39, 0.29) is 11.4 Å². The van der Waals surface area contributed by atoms with Crippen LogP contribution in [0, 0.1) is 0 Å². The number of hydrogen-bond donors (Lipinski definition) is 1. The third-order valence-corrected chi connectivity index (χ3v) is 5.61. The molecule has 0 aliphatic heterocycles. The molecule has 3 heterocycles. The highest BCUT2D eigenvalue weighted by Gasteiger charge is 2.17. The Morgan fingerprint density at radius 1 is 1.04 bits per heavy atom. The van der Waals surface area contributed by atoms with Crippen LogP contribution < -0.4 is 4.72 Å². The van der Waals surface area contributed by atoms with Crippen molar-refractivity contribution in [1.29, 1.82) is 0 Å². The monoisotopic (exact) mass is 379 g/mol. The maximum atomic E-state index is 12.7. The summed E-state index contributed by atoms with van der Waals surface area (Å²) in [5.41, 5.74) is 2.91. The largest absolute Gasteiger partial charge is 0.275 e. The summed E-state index contributed by atoms with van der Waals surface area (Å²) in [6.45, 7) is 0.145. The number of pyridine rings is 2. The van der Waals surface area contributed by atoms with Crippen molar-refractivity contribution in [3.8, 4) is 11.3 Å². The first kappa shape index (κ1) is 17.3. The first-order valence-corrected chi connectivity index (χ1v) is 9.79. The average molecular weight is 379 g/mol. The maximum absolute atomic E-state index is 12.7. The minimum Gasteiger partial charge on any atom is -0.275 e. The first-order valence-electron chi connectivity index (χ1n) is 8.30. The van der Waals surface area contributed by atoms with Gasteiger partial charge < -0.3 is 0 Å². The maximum Gasteiger partial charge on any atom is 0.243 e. The Hall–Kier alpha value is -3.10. The molecule has 27 heavy (non-hydrogen) atoms. The van der Waals surface area contributed by atoms with Gasteiger partial charge in [0.05, 0.1) is 17.4 Å². The van der Waals surface area contributed by atoms with E-state index in [4.69, 9.17) is 0 Å². The van der Waals surface area contributed by atoms with Gasteiger partial charge in [0.25, 0.3) is 0 Å². The highest BCUT2D eigenvalue weighted by molar-refractivity contribution is 7.89. The lowest BCUT2D eigenvalue weighted by Crippen LogP contribution is -2.23. The van der Waals surface area contributed by atoms with Crippen molar-refractivity contribution >= 4 is 20.9 Å². The van der Waals surface area contributed by atoms with Gasteiger partial charge in [-0.2, -0.15) is 5.10 Å². The van der Waals surface area contributed by atoms with E-state index in [1.165, 1.54) is 0 Å². The van der Waals surface area contributed by atoms with E-state index < -0.39 is 10.0 Å². The summed E-state index contributed by atoms with van der Waals surface area (Å²) < 4.78 is 29.8. The van der Waals surface area contributed by atoms with E-state index in [9.17, 15) is 8.42 Å².